The van der Waals surface area contributed by atoms with E-state index in [2.05, 4.69) is 15.9 Å². The third-order valence-electron chi connectivity index (χ3n) is 2.66. The highest BCUT2D eigenvalue weighted by Crippen LogP contribution is 2.28. The number of benzene rings is 2. The maximum absolute atomic E-state index is 12.8. The summed E-state index contributed by atoms with van der Waals surface area (Å²) in [6, 6.07) is 11.4. The molecule has 0 radical (unpaired) electrons. The smallest absolute Gasteiger partial charge is 0.123 e. The van der Waals surface area contributed by atoms with E-state index in [1.807, 2.05) is 0 Å². The lowest BCUT2D eigenvalue weighted by Gasteiger charge is -2.13. The van der Waals surface area contributed by atoms with Crippen molar-refractivity contribution in [2.45, 2.75) is 12.5 Å². The van der Waals surface area contributed by atoms with Crippen molar-refractivity contribution in [3.8, 4) is 0 Å². The van der Waals surface area contributed by atoms with Crippen LogP contribution in [0.2, 0.25) is 5.02 Å². The minimum absolute atomic E-state index is 0.280. The van der Waals surface area contributed by atoms with E-state index in [1.54, 1.807) is 30.3 Å². The summed E-state index contributed by atoms with van der Waals surface area (Å²) in [7, 11) is 0. The number of halogens is 3. The first-order valence-corrected chi connectivity index (χ1v) is 6.61. The minimum atomic E-state index is -0.677. The Bertz CT molecular complexity index is 542. The molecular weight excluding hydrogens is 319 g/mol. The molecule has 0 saturated heterocycles. The lowest BCUT2D eigenvalue weighted by Crippen LogP contribution is -2.02. The van der Waals surface area contributed by atoms with Crippen LogP contribution in [0.1, 0.15) is 17.2 Å². The molecule has 0 heterocycles. The van der Waals surface area contributed by atoms with Crippen LogP contribution in [0.5, 0.6) is 0 Å². The minimum Gasteiger partial charge on any atom is -0.388 e. The molecule has 0 fully saturated rings. The van der Waals surface area contributed by atoms with Gasteiger partial charge in [-0.25, -0.2) is 4.39 Å². The molecule has 0 aliphatic rings. The highest BCUT2D eigenvalue weighted by molar-refractivity contribution is 9.10. The number of hydrogen-bond donors (Lipinski definition) is 1. The second-order valence-corrected chi connectivity index (χ2v) is 5.30. The van der Waals surface area contributed by atoms with Crippen molar-refractivity contribution in [2.24, 2.45) is 0 Å². The van der Waals surface area contributed by atoms with Crippen LogP contribution in [0.25, 0.3) is 0 Å². The molecule has 0 saturated carbocycles. The Morgan fingerprint density at radius 3 is 2.50 bits per heavy atom. The van der Waals surface area contributed by atoms with E-state index in [4.69, 9.17) is 11.6 Å². The van der Waals surface area contributed by atoms with E-state index < -0.39 is 6.10 Å². The van der Waals surface area contributed by atoms with Crippen LogP contribution in [0.15, 0.2) is 46.9 Å². The van der Waals surface area contributed by atoms with Gasteiger partial charge in [-0.2, -0.15) is 0 Å². The molecule has 1 nitrogen and oxygen atoms in total. The molecule has 1 atom stereocenters. The quantitative estimate of drug-likeness (QED) is 0.878. The maximum atomic E-state index is 12.8. The van der Waals surface area contributed by atoms with Crippen LogP contribution in [-0.2, 0) is 6.42 Å². The topological polar surface area (TPSA) is 20.2 Å². The summed E-state index contributed by atoms with van der Waals surface area (Å²) < 4.78 is 13.6. The first-order chi connectivity index (χ1) is 8.56. The summed E-state index contributed by atoms with van der Waals surface area (Å²) >= 11 is 9.28. The molecule has 1 unspecified atom stereocenters. The fourth-order valence-electron chi connectivity index (χ4n) is 1.72. The SMILES string of the molecule is OC(Cc1ccc(F)cc1)c1cc(Cl)ccc1Br. The summed E-state index contributed by atoms with van der Waals surface area (Å²) in [6.07, 6.45) is -0.261. The van der Waals surface area contributed by atoms with E-state index in [0.717, 1.165) is 15.6 Å². The van der Waals surface area contributed by atoms with Gasteiger partial charge >= 0.3 is 0 Å². The highest BCUT2D eigenvalue weighted by atomic mass is 79.9. The molecule has 0 bridgehead atoms. The van der Waals surface area contributed by atoms with Crippen molar-refractivity contribution in [1.82, 2.24) is 0 Å². The Kier molecular flexibility index (Phi) is 4.38. The van der Waals surface area contributed by atoms with Gasteiger partial charge in [-0.05, 0) is 41.5 Å². The predicted molar refractivity (Wildman–Crippen MR) is 74.2 cm³/mol. The molecule has 2 aromatic carbocycles. The van der Waals surface area contributed by atoms with Crippen LogP contribution < -0.4 is 0 Å². The van der Waals surface area contributed by atoms with Crippen LogP contribution >= 0.6 is 27.5 Å². The molecule has 1 N–H and O–H groups in total. The van der Waals surface area contributed by atoms with Crippen LogP contribution in [0.4, 0.5) is 4.39 Å². The predicted octanol–water partition coefficient (Wildman–Crippen LogP) is 4.52. The van der Waals surface area contributed by atoms with Gasteiger partial charge in [0.15, 0.2) is 0 Å². The Morgan fingerprint density at radius 1 is 1.17 bits per heavy atom. The molecule has 2 rings (SSSR count). The number of hydrogen-bond acceptors (Lipinski definition) is 1. The van der Waals surface area contributed by atoms with E-state index >= 15 is 0 Å². The summed E-state index contributed by atoms with van der Waals surface area (Å²) in [5, 5.41) is 10.7. The zero-order valence-corrected chi connectivity index (χ0v) is 11.7. The summed E-state index contributed by atoms with van der Waals surface area (Å²) in [5.41, 5.74) is 1.60. The summed E-state index contributed by atoms with van der Waals surface area (Å²) in [6.45, 7) is 0. The molecule has 0 aliphatic carbocycles. The number of rotatable bonds is 3. The van der Waals surface area contributed by atoms with Crippen molar-refractivity contribution in [1.29, 1.82) is 0 Å². The molecule has 0 amide bonds. The van der Waals surface area contributed by atoms with Gasteiger partial charge in [-0.3, -0.25) is 0 Å². The van der Waals surface area contributed by atoms with Crippen LogP contribution in [-0.4, -0.2) is 5.11 Å². The number of aliphatic hydroxyl groups is 1. The fraction of sp³-hybridized carbons (Fsp3) is 0.143. The van der Waals surface area contributed by atoms with E-state index in [9.17, 15) is 9.50 Å². The second kappa shape index (κ2) is 5.83. The molecule has 0 spiro atoms. The Morgan fingerprint density at radius 2 is 1.83 bits per heavy atom. The second-order valence-electron chi connectivity index (χ2n) is 4.01. The maximum Gasteiger partial charge on any atom is 0.123 e. The molecule has 4 heteroatoms. The van der Waals surface area contributed by atoms with Crippen molar-refractivity contribution < 1.29 is 9.50 Å². The molecular formula is C14H11BrClFO. The van der Waals surface area contributed by atoms with Crippen molar-refractivity contribution in [3.05, 3.63) is 68.9 Å². The van der Waals surface area contributed by atoms with Gasteiger partial charge in [0, 0.05) is 15.9 Å². The van der Waals surface area contributed by atoms with Gasteiger partial charge in [-0.15, -0.1) is 0 Å². The van der Waals surface area contributed by atoms with Gasteiger partial charge in [0.05, 0.1) is 6.10 Å². The average molecular weight is 330 g/mol. The molecule has 0 aromatic heterocycles. The zero-order valence-electron chi connectivity index (χ0n) is 9.41. The van der Waals surface area contributed by atoms with E-state index in [-0.39, 0.29) is 5.82 Å². The lowest BCUT2D eigenvalue weighted by molar-refractivity contribution is 0.177. The van der Waals surface area contributed by atoms with E-state index in [1.165, 1.54) is 12.1 Å². The van der Waals surface area contributed by atoms with Crippen LogP contribution in [0.3, 0.4) is 0 Å². The summed E-state index contributed by atoms with van der Waals surface area (Å²) in [4.78, 5) is 0. The third-order valence-corrected chi connectivity index (χ3v) is 3.62. The van der Waals surface area contributed by atoms with Gasteiger partial charge in [-0.1, -0.05) is 39.7 Å². The molecule has 2 aromatic rings. The van der Waals surface area contributed by atoms with E-state index in [0.29, 0.717) is 11.4 Å². The average Bonchev–Trinajstić information content (AvgIpc) is 2.35. The van der Waals surface area contributed by atoms with Gasteiger partial charge in [0.2, 0.25) is 0 Å². The van der Waals surface area contributed by atoms with Gasteiger partial charge in [0.25, 0.3) is 0 Å². The fourth-order valence-corrected chi connectivity index (χ4v) is 2.42. The normalized spacial score (nSPS) is 12.4. The Hall–Kier alpha value is -0.900. The monoisotopic (exact) mass is 328 g/mol. The zero-order chi connectivity index (χ0) is 13.1. The molecule has 18 heavy (non-hydrogen) atoms. The highest BCUT2D eigenvalue weighted by Gasteiger charge is 2.12. The first-order valence-electron chi connectivity index (χ1n) is 5.44. The van der Waals surface area contributed by atoms with Gasteiger partial charge < -0.3 is 5.11 Å². The van der Waals surface area contributed by atoms with Crippen molar-refractivity contribution >= 4 is 27.5 Å². The third kappa shape index (κ3) is 3.31. The largest absolute Gasteiger partial charge is 0.388 e. The van der Waals surface area contributed by atoms with Gasteiger partial charge in [0.1, 0.15) is 5.82 Å². The number of aliphatic hydroxyl groups excluding tert-OH is 1. The lowest BCUT2D eigenvalue weighted by atomic mass is 10.0. The summed E-state index contributed by atoms with van der Waals surface area (Å²) in [5.74, 6) is -0.280. The molecule has 0 aliphatic heterocycles. The van der Waals surface area contributed by atoms with Crippen molar-refractivity contribution in [3.63, 3.8) is 0 Å². The Balaban J connectivity index is 2.18. The first kappa shape index (κ1) is 13.5. The Labute approximate surface area is 118 Å². The van der Waals surface area contributed by atoms with Crippen LogP contribution in [0, 0.1) is 5.82 Å². The molecule has 94 valence electrons. The standard InChI is InChI=1S/C14H11BrClFO/c15-13-6-3-10(16)8-12(13)14(18)7-9-1-4-11(17)5-2-9/h1-6,8,14,18H,7H2. The van der Waals surface area contributed by atoms with Crippen molar-refractivity contribution in [2.75, 3.05) is 0 Å².